The lowest BCUT2D eigenvalue weighted by Gasteiger charge is -2.06. The molecule has 17 heteroatoms. The van der Waals surface area contributed by atoms with Crippen molar-refractivity contribution in [2.45, 2.75) is 78.8 Å². The first-order valence-corrected chi connectivity index (χ1v) is 19.2. The van der Waals surface area contributed by atoms with E-state index in [1.54, 1.807) is 0 Å². The molecule has 0 radical (unpaired) electrons. The summed E-state index contributed by atoms with van der Waals surface area (Å²) in [4.78, 5) is 37.9. The van der Waals surface area contributed by atoms with Crippen molar-refractivity contribution >= 4 is 79.4 Å². The number of carbonyl (C=O) groups excluding carboxylic acids is 2. The van der Waals surface area contributed by atoms with Crippen LogP contribution in [0.3, 0.4) is 0 Å². The van der Waals surface area contributed by atoms with E-state index in [9.17, 15) is 9.59 Å². The van der Waals surface area contributed by atoms with Crippen LogP contribution in [0.25, 0.3) is 22.1 Å². The van der Waals surface area contributed by atoms with Crippen LogP contribution in [0.5, 0.6) is 0 Å². The molecule has 0 spiro atoms. The number of anilines is 4. The Hall–Kier alpha value is -5.38. The van der Waals surface area contributed by atoms with E-state index < -0.39 is 5.24 Å². The zero-order chi connectivity index (χ0) is 40.8. The highest BCUT2D eigenvalue weighted by Crippen LogP contribution is 2.27. The lowest BCUT2D eigenvalue weighted by molar-refractivity contribution is -0.116. The van der Waals surface area contributed by atoms with E-state index in [1.165, 1.54) is 25.5 Å². The largest absolute Gasteiger partial charge is 0.399 e. The number of halogens is 2. The first-order valence-electron chi connectivity index (χ1n) is 18.3. The second-order valence-electron chi connectivity index (χ2n) is 13.4. The highest BCUT2D eigenvalue weighted by molar-refractivity contribution is 6.67. The van der Waals surface area contributed by atoms with Gasteiger partial charge in [-0.05, 0) is 87.5 Å². The molecule has 1 fully saturated rings. The number of hydrogen-bond donors (Lipinski definition) is 4. The third-order valence-electron chi connectivity index (χ3n) is 8.32. The average molecular weight is 806 g/mol. The van der Waals surface area contributed by atoms with Gasteiger partial charge in [-0.3, -0.25) is 9.59 Å². The standard InChI is InChI=1S/C18H22N6O.C15H18N6.C4H8O.C2H2Cl2O/c1-4-15(25)22-13-7-5-6-12(8-13)9-14-16-17(19)20-10-21-18(16)24(23-14)11(2)3;1-9(2)21-15-13(14(17)18-8-19-15)12(20-21)7-10-4-3-5-11(16)6-10;1-2-4-5-3-1;3-1-2(4)5/h5-8,10-11H,4,9H2,1-3H3,(H,22,25)(H2,19,20,21);3-6,8-9H,7,16H2,1-2H3,(H2,17,18,19);1-4H2;1H2. The molecule has 7 N–H and O–H groups in total. The van der Waals surface area contributed by atoms with Crippen LogP contribution in [-0.2, 0) is 27.2 Å². The number of nitrogens with two attached hydrogens (primary N) is 3. The molecule has 15 nitrogen and oxygen atoms in total. The summed E-state index contributed by atoms with van der Waals surface area (Å²) in [6, 6.07) is 15.9. The van der Waals surface area contributed by atoms with Gasteiger partial charge in [0.25, 0.3) is 0 Å². The van der Waals surface area contributed by atoms with Gasteiger partial charge in [0.15, 0.2) is 11.3 Å². The zero-order valence-corrected chi connectivity index (χ0v) is 33.9. The Morgan fingerprint density at radius 3 is 1.68 bits per heavy atom. The smallest absolute Gasteiger partial charge is 0.236 e. The van der Waals surface area contributed by atoms with Crippen molar-refractivity contribution in [3.8, 4) is 0 Å². The number of amides is 1. The molecule has 0 bridgehead atoms. The molecule has 2 aromatic carbocycles. The van der Waals surface area contributed by atoms with E-state index in [0.717, 1.165) is 69.2 Å². The number of fused-ring (bicyclic) bond motifs is 2. The van der Waals surface area contributed by atoms with Crippen molar-refractivity contribution in [2.75, 3.05) is 41.6 Å². The Kier molecular flexibility index (Phi) is 16.3. The molecular formula is C39H50Cl2N12O3. The molecule has 0 saturated carbocycles. The number of carbonyl (C=O) groups is 2. The van der Waals surface area contributed by atoms with Crippen LogP contribution in [0.2, 0.25) is 0 Å². The number of nitrogens with one attached hydrogen (secondary N) is 1. The monoisotopic (exact) mass is 804 g/mol. The molecule has 0 atom stereocenters. The number of nitrogen functional groups attached to an aromatic ring is 3. The van der Waals surface area contributed by atoms with Gasteiger partial charge in [-0.15, -0.1) is 11.6 Å². The first kappa shape index (κ1) is 43.3. The van der Waals surface area contributed by atoms with E-state index >= 15 is 0 Å². The van der Waals surface area contributed by atoms with Crippen molar-refractivity contribution in [2.24, 2.45) is 0 Å². The number of rotatable bonds is 9. The molecule has 1 saturated heterocycles. The van der Waals surface area contributed by atoms with Crippen LogP contribution in [0.1, 0.15) is 88.5 Å². The molecule has 56 heavy (non-hydrogen) atoms. The number of alkyl halides is 1. The zero-order valence-electron chi connectivity index (χ0n) is 32.4. The van der Waals surface area contributed by atoms with Crippen LogP contribution in [0, 0.1) is 0 Å². The second kappa shape index (κ2) is 21.1. The maximum atomic E-state index is 11.6. The fourth-order valence-electron chi connectivity index (χ4n) is 5.71. The lowest BCUT2D eigenvalue weighted by Crippen LogP contribution is -2.09. The molecule has 7 rings (SSSR count). The summed E-state index contributed by atoms with van der Waals surface area (Å²) in [7, 11) is 0. The van der Waals surface area contributed by atoms with Gasteiger partial charge < -0.3 is 27.3 Å². The van der Waals surface area contributed by atoms with E-state index in [2.05, 4.69) is 58.0 Å². The molecule has 1 amide bonds. The molecule has 0 unspecified atom stereocenters. The molecule has 0 aliphatic carbocycles. The Balaban J connectivity index is 0.000000201. The highest BCUT2D eigenvalue weighted by atomic mass is 35.5. The van der Waals surface area contributed by atoms with E-state index in [1.807, 2.05) is 64.8 Å². The van der Waals surface area contributed by atoms with Crippen molar-refractivity contribution in [1.29, 1.82) is 0 Å². The average Bonchev–Trinajstić information content (AvgIpc) is 3.94. The van der Waals surface area contributed by atoms with Gasteiger partial charge in [-0.2, -0.15) is 10.2 Å². The minimum absolute atomic E-state index is 0.00988. The van der Waals surface area contributed by atoms with Gasteiger partial charge in [-0.1, -0.05) is 31.2 Å². The van der Waals surface area contributed by atoms with Gasteiger partial charge in [0, 0.05) is 55.9 Å². The van der Waals surface area contributed by atoms with Crippen molar-refractivity contribution < 1.29 is 14.3 Å². The SMILES string of the molecule is C1CCOC1.CC(C)n1nc(Cc2cccc(N)c2)c2c(N)ncnc21.CCC(=O)Nc1cccc(Cc2nn(C(C)C)c3ncnc(N)c23)c1.O=C(Cl)CCl. The predicted octanol–water partition coefficient (Wildman–Crippen LogP) is 6.88. The van der Waals surface area contributed by atoms with Gasteiger partial charge in [0.2, 0.25) is 11.1 Å². The molecule has 1 aliphatic rings. The first-order chi connectivity index (χ1) is 26.8. The minimum Gasteiger partial charge on any atom is -0.399 e. The topological polar surface area (TPSA) is 221 Å². The minimum atomic E-state index is -0.508. The van der Waals surface area contributed by atoms with Crippen LogP contribution in [0.15, 0.2) is 61.2 Å². The molecular weight excluding hydrogens is 755 g/mol. The third kappa shape index (κ3) is 12.1. The fraction of sp³-hybridized carbons (Fsp3) is 0.385. The van der Waals surface area contributed by atoms with Gasteiger partial charge >= 0.3 is 0 Å². The van der Waals surface area contributed by atoms with Crippen molar-refractivity contribution in [3.05, 3.63) is 83.7 Å². The number of ether oxygens (including phenoxy) is 1. The van der Waals surface area contributed by atoms with Crippen LogP contribution in [0.4, 0.5) is 23.0 Å². The molecule has 5 heterocycles. The summed E-state index contributed by atoms with van der Waals surface area (Å²) in [5.41, 5.74) is 24.8. The summed E-state index contributed by atoms with van der Waals surface area (Å²) in [6.07, 6.45) is 7.18. The number of aromatic nitrogens is 8. The maximum absolute atomic E-state index is 11.6. The van der Waals surface area contributed by atoms with Crippen LogP contribution >= 0.6 is 23.2 Å². The summed E-state index contributed by atoms with van der Waals surface area (Å²) >= 11 is 9.55. The predicted molar refractivity (Wildman–Crippen MR) is 224 cm³/mol. The molecule has 1 aliphatic heterocycles. The number of hydrogen-bond acceptors (Lipinski definition) is 12. The Morgan fingerprint density at radius 1 is 0.786 bits per heavy atom. The van der Waals surface area contributed by atoms with Gasteiger partial charge in [0.05, 0.1) is 28.0 Å². The quantitative estimate of drug-likeness (QED) is 0.0668. The van der Waals surface area contributed by atoms with Crippen LogP contribution in [-0.4, -0.2) is 69.7 Å². The molecule has 6 aromatic rings. The highest BCUT2D eigenvalue weighted by Gasteiger charge is 2.19. The third-order valence-corrected chi connectivity index (χ3v) is 8.83. The number of nitrogens with zero attached hydrogens (tertiary/aromatic N) is 8. The Morgan fingerprint density at radius 2 is 1.27 bits per heavy atom. The van der Waals surface area contributed by atoms with Gasteiger partial charge in [0.1, 0.15) is 24.3 Å². The second-order valence-corrected chi connectivity index (χ2v) is 14.1. The molecule has 4 aromatic heterocycles. The van der Waals surface area contributed by atoms with Crippen molar-refractivity contribution in [1.82, 2.24) is 39.5 Å². The Bertz CT molecular complexity index is 2210. The lowest BCUT2D eigenvalue weighted by atomic mass is 10.1. The van der Waals surface area contributed by atoms with E-state index in [-0.39, 0.29) is 23.9 Å². The maximum Gasteiger partial charge on any atom is 0.236 e. The Labute approximate surface area is 336 Å². The normalized spacial score (nSPS) is 12.1. The fourth-order valence-corrected chi connectivity index (χ4v) is 5.71. The summed E-state index contributed by atoms with van der Waals surface area (Å²) in [6.45, 7) is 12.1. The summed E-state index contributed by atoms with van der Waals surface area (Å²) in [5.74, 6) is 0.791. The van der Waals surface area contributed by atoms with Crippen LogP contribution < -0.4 is 22.5 Å². The molecule has 298 valence electrons. The number of benzene rings is 2. The summed E-state index contributed by atoms with van der Waals surface area (Å²) in [5, 5.41) is 13.4. The van der Waals surface area contributed by atoms with Gasteiger partial charge in [-0.25, -0.2) is 29.3 Å². The van der Waals surface area contributed by atoms with E-state index in [4.69, 9.17) is 50.2 Å². The summed E-state index contributed by atoms with van der Waals surface area (Å²) < 4.78 is 8.69. The van der Waals surface area contributed by atoms with Crippen molar-refractivity contribution in [3.63, 3.8) is 0 Å². The van der Waals surface area contributed by atoms with E-state index in [0.29, 0.717) is 30.9 Å².